The Balaban J connectivity index is 1.22. The molecule has 8 rings (SSSR count). The quantitative estimate of drug-likeness (QED) is 0.166. The Labute approximate surface area is 299 Å². The van der Waals surface area contributed by atoms with Gasteiger partial charge < -0.3 is 5.73 Å². The summed E-state index contributed by atoms with van der Waals surface area (Å²) in [5.74, 6) is 0. The standard InChI is InChI=1S/C48H37N3/c1-33(34-12-4-2-5-13-34)51-47(31-46(49)37-16-6-3-7-17-37)38-22-24-39(25-23-38)48-45(43-27-21-36-15-9-11-19-41(36)29-43)30-44(32-50-48)42-26-20-35-14-8-10-18-40(35)28-42/h2-8,10-14,16-32H,1,9,15,49H2/b46-31-,51-47?. The van der Waals surface area contributed by atoms with Gasteiger partial charge in [0.2, 0.25) is 0 Å². The molecule has 0 spiro atoms. The second kappa shape index (κ2) is 14.1. The van der Waals surface area contributed by atoms with Gasteiger partial charge in [0, 0.05) is 34.1 Å². The van der Waals surface area contributed by atoms with Crippen LogP contribution in [-0.4, -0.2) is 10.7 Å². The first-order valence-electron chi connectivity index (χ1n) is 17.3. The van der Waals surface area contributed by atoms with Crippen molar-refractivity contribution in [3.05, 3.63) is 204 Å². The Morgan fingerprint density at radius 2 is 1.31 bits per heavy atom. The first kappa shape index (κ1) is 31.7. The van der Waals surface area contributed by atoms with E-state index in [0.29, 0.717) is 11.4 Å². The molecule has 1 aliphatic carbocycles. The predicted molar refractivity (Wildman–Crippen MR) is 216 cm³/mol. The number of hydrogen-bond acceptors (Lipinski definition) is 3. The van der Waals surface area contributed by atoms with Crippen molar-refractivity contribution in [2.75, 3.05) is 0 Å². The highest BCUT2D eigenvalue weighted by molar-refractivity contribution is 6.14. The summed E-state index contributed by atoms with van der Waals surface area (Å²) in [6, 6.07) is 52.6. The van der Waals surface area contributed by atoms with E-state index in [4.69, 9.17) is 15.7 Å². The number of nitrogens with zero attached hydrogens (tertiary/aromatic N) is 2. The summed E-state index contributed by atoms with van der Waals surface area (Å²) < 4.78 is 0. The van der Waals surface area contributed by atoms with Crippen LogP contribution in [-0.2, 0) is 6.42 Å². The van der Waals surface area contributed by atoms with Gasteiger partial charge in [-0.15, -0.1) is 0 Å². The number of rotatable bonds is 8. The molecule has 244 valence electrons. The third-order valence-corrected chi connectivity index (χ3v) is 9.52. The highest BCUT2D eigenvalue weighted by Crippen LogP contribution is 2.37. The molecule has 3 heteroatoms. The van der Waals surface area contributed by atoms with E-state index in [1.807, 2.05) is 72.9 Å². The summed E-state index contributed by atoms with van der Waals surface area (Å²) in [4.78, 5) is 10.2. The van der Waals surface area contributed by atoms with E-state index in [0.717, 1.165) is 68.8 Å². The zero-order valence-corrected chi connectivity index (χ0v) is 28.3. The van der Waals surface area contributed by atoms with E-state index < -0.39 is 0 Å². The Morgan fingerprint density at radius 1 is 0.627 bits per heavy atom. The molecule has 1 heterocycles. The SMILES string of the molecule is C=C(N=C(/C=C(\N)c1ccccc1)c1ccc(-c2ncc(-c3ccc4ccccc4c3)cc2-c2ccc3c(c2)C=CCC3)cc1)c1ccccc1. The molecule has 0 aliphatic heterocycles. The number of nitrogens with two attached hydrogens (primary N) is 1. The Hall–Kier alpha value is -6.58. The van der Waals surface area contributed by atoms with Crippen LogP contribution in [0.4, 0.5) is 0 Å². The lowest BCUT2D eigenvalue weighted by Crippen LogP contribution is -2.04. The molecule has 0 atom stereocenters. The summed E-state index contributed by atoms with van der Waals surface area (Å²) in [6.45, 7) is 4.29. The number of aromatic nitrogens is 1. The fourth-order valence-electron chi connectivity index (χ4n) is 6.72. The van der Waals surface area contributed by atoms with E-state index in [9.17, 15) is 0 Å². The Kier molecular flexibility index (Phi) is 8.76. The number of hydrogen-bond donors (Lipinski definition) is 1. The van der Waals surface area contributed by atoms with Crippen molar-refractivity contribution in [2.24, 2.45) is 10.7 Å². The molecule has 51 heavy (non-hydrogen) atoms. The van der Waals surface area contributed by atoms with Crippen molar-refractivity contribution in [2.45, 2.75) is 12.8 Å². The molecule has 7 aromatic rings. The van der Waals surface area contributed by atoms with Crippen molar-refractivity contribution >= 4 is 34.0 Å². The maximum Gasteiger partial charge on any atom is 0.0780 e. The third-order valence-electron chi connectivity index (χ3n) is 9.52. The van der Waals surface area contributed by atoms with Gasteiger partial charge in [-0.25, -0.2) is 4.99 Å². The van der Waals surface area contributed by atoms with Gasteiger partial charge in [-0.1, -0.05) is 152 Å². The molecule has 1 aliphatic rings. The van der Waals surface area contributed by atoms with Crippen LogP contribution in [0.25, 0.3) is 61.8 Å². The van der Waals surface area contributed by atoms with E-state index in [1.165, 1.54) is 21.9 Å². The summed E-state index contributed by atoms with van der Waals surface area (Å²) >= 11 is 0. The largest absolute Gasteiger partial charge is 0.398 e. The average Bonchev–Trinajstić information content (AvgIpc) is 3.20. The molecule has 0 fully saturated rings. The second-order valence-electron chi connectivity index (χ2n) is 12.9. The number of allylic oxidation sites excluding steroid dienone is 2. The van der Waals surface area contributed by atoms with E-state index in [1.54, 1.807) is 0 Å². The van der Waals surface area contributed by atoms with Crippen molar-refractivity contribution in [3.63, 3.8) is 0 Å². The zero-order chi connectivity index (χ0) is 34.6. The molecule has 0 saturated heterocycles. The molecule has 2 N–H and O–H groups in total. The fraction of sp³-hybridized carbons (Fsp3) is 0.0417. The maximum absolute atomic E-state index is 6.63. The number of aliphatic imine (C=N–C) groups is 1. The molecule has 6 aromatic carbocycles. The van der Waals surface area contributed by atoms with Crippen molar-refractivity contribution in [1.82, 2.24) is 4.98 Å². The predicted octanol–water partition coefficient (Wildman–Crippen LogP) is 11.7. The zero-order valence-electron chi connectivity index (χ0n) is 28.3. The Morgan fingerprint density at radius 3 is 2.10 bits per heavy atom. The minimum Gasteiger partial charge on any atom is -0.398 e. The number of fused-ring (bicyclic) bond motifs is 2. The molecule has 1 aromatic heterocycles. The average molecular weight is 656 g/mol. The van der Waals surface area contributed by atoms with Gasteiger partial charge in [-0.05, 0) is 81.3 Å². The van der Waals surface area contributed by atoms with Crippen LogP contribution in [0.5, 0.6) is 0 Å². The molecular formula is C48H37N3. The fourth-order valence-corrected chi connectivity index (χ4v) is 6.72. The highest BCUT2D eigenvalue weighted by atomic mass is 14.8. The lowest BCUT2D eigenvalue weighted by molar-refractivity contribution is 0.986. The van der Waals surface area contributed by atoms with Gasteiger partial charge in [0.1, 0.15) is 0 Å². The second-order valence-corrected chi connectivity index (χ2v) is 12.9. The minimum absolute atomic E-state index is 0.633. The topological polar surface area (TPSA) is 51.3 Å². The summed E-state index contributed by atoms with van der Waals surface area (Å²) in [5, 5.41) is 2.44. The third kappa shape index (κ3) is 6.83. The van der Waals surface area contributed by atoms with Gasteiger partial charge >= 0.3 is 0 Å². The van der Waals surface area contributed by atoms with Crippen LogP contribution in [0, 0.1) is 0 Å². The Bertz CT molecular complexity index is 2470. The number of pyridine rings is 1. The van der Waals surface area contributed by atoms with E-state index in [2.05, 4.69) is 110 Å². The first-order valence-corrected chi connectivity index (χ1v) is 17.3. The van der Waals surface area contributed by atoms with Crippen LogP contribution >= 0.6 is 0 Å². The van der Waals surface area contributed by atoms with E-state index in [-0.39, 0.29) is 0 Å². The number of aryl methyl sites for hydroxylation is 1. The molecule has 0 unspecified atom stereocenters. The molecular weight excluding hydrogens is 619 g/mol. The van der Waals surface area contributed by atoms with Gasteiger partial charge in [-0.2, -0.15) is 0 Å². The summed E-state index contributed by atoms with van der Waals surface area (Å²) in [5.41, 5.74) is 20.6. The molecule has 0 amide bonds. The van der Waals surface area contributed by atoms with Crippen LogP contribution < -0.4 is 5.73 Å². The molecule has 3 nitrogen and oxygen atoms in total. The molecule has 0 saturated carbocycles. The van der Waals surface area contributed by atoms with E-state index >= 15 is 0 Å². The normalized spacial score (nSPS) is 12.9. The maximum atomic E-state index is 6.63. The summed E-state index contributed by atoms with van der Waals surface area (Å²) in [6.07, 6.45) is 10.6. The molecule has 0 radical (unpaired) electrons. The van der Waals surface area contributed by atoms with Crippen molar-refractivity contribution in [3.8, 4) is 33.5 Å². The smallest absolute Gasteiger partial charge is 0.0780 e. The van der Waals surface area contributed by atoms with Crippen LogP contribution in [0.3, 0.4) is 0 Å². The molecule has 0 bridgehead atoms. The van der Waals surface area contributed by atoms with Crippen LogP contribution in [0.2, 0.25) is 0 Å². The number of benzene rings is 6. The lowest BCUT2D eigenvalue weighted by atomic mass is 9.90. The van der Waals surface area contributed by atoms with Gasteiger partial charge in [0.05, 0.1) is 17.1 Å². The van der Waals surface area contributed by atoms with Crippen molar-refractivity contribution in [1.29, 1.82) is 0 Å². The highest BCUT2D eigenvalue weighted by Gasteiger charge is 2.15. The first-order chi connectivity index (χ1) is 25.1. The van der Waals surface area contributed by atoms with Crippen LogP contribution in [0.1, 0.15) is 34.2 Å². The van der Waals surface area contributed by atoms with Crippen LogP contribution in [0.15, 0.2) is 182 Å². The minimum atomic E-state index is 0.633. The monoisotopic (exact) mass is 655 g/mol. The van der Waals surface area contributed by atoms with Gasteiger partial charge in [-0.3, -0.25) is 4.98 Å². The van der Waals surface area contributed by atoms with Crippen molar-refractivity contribution < 1.29 is 0 Å². The lowest BCUT2D eigenvalue weighted by Gasteiger charge is -2.16. The van der Waals surface area contributed by atoms with Gasteiger partial charge in [0.15, 0.2) is 0 Å². The van der Waals surface area contributed by atoms with Gasteiger partial charge in [0.25, 0.3) is 0 Å². The summed E-state index contributed by atoms with van der Waals surface area (Å²) in [7, 11) is 0.